The number of carbonyl (C=O) groups excluding carboxylic acids is 3. The van der Waals surface area contributed by atoms with Crippen molar-refractivity contribution in [2.24, 2.45) is 0 Å². The average molecular weight is 1060 g/mol. The van der Waals surface area contributed by atoms with Crippen LogP contribution in [-0.2, 0) is 28.6 Å². The summed E-state index contributed by atoms with van der Waals surface area (Å²) in [6.07, 6.45) is 92.6. The van der Waals surface area contributed by atoms with E-state index in [-0.39, 0.29) is 37.5 Å². The predicted octanol–water partition coefficient (Wildman–Crippen LogP) is 21.3. The Balaban J connectivity index is 4.49. The van der Waals surface area contributed by atoms with E-state index in [1.165, 1.54) is 70.6 Å². The zero-order chi connectivity index (χ0) is 55.7. The first-order valence-electron chi connectivity index (χ1n) is 31.0. The van der Waals surface area contributed by atoms with E-state index in [1.54, 1.807) is 0 Å². The Morgan fingerprint density at radius 2 is 0.532 bits per heavy atom. The zero-order valence-corrected chi connectivity index (χ0v) is 49.4. The molecule has 1 atom stereocenters. The van der Waals surface area contributed by atoms with Gasteiger partial charge in [0.05, 0.1) is 0 Å². The lowest BCUT2D eigenvalue weighted by Gasteiger charge is -2.18. The maximum absolute atomic E-state index is 12.9. The standard InChI is InChI=1S/C71H112O6/c1-4-7-10-13-16-19-22-25-27-29-31-33-35-37-39-41-43-46-49-52-55-58-61-64-70(73)76-67-68(66-75-69(72)63-60-57-54-51-48-45-24-21-18-15-12-9-6-3)77-71(74)65-62-59-56-53-50-47-44-42-40-38-36-34-32-30-28-26-23-20-17-14-11-8-5-2/h7,9-10,12,16,18-19,21,23,25-27,30-33,36-39,43,45-46,48,54,57,68H,4-6,8,11,13-15,17,20,22,24,28-29,34-35,40-42,44,47,49-53,55-56,58-67H2,1-3H3/b10-7-,12-9-,19-16-,21-18-,26-23-,27-25-,32-30-,33-31-,38-36-,39-37-,46-43-,48-45-,57-54-. The van der Waals surface area contributed by atoms with Crippen molar-refractivity contribution in [2.45, 2.75) is 258 Å². The van der Waals surface area contributed by atoms with Crippen molar-refractivity contribution in [2.75, 3.05) is 13.2 Å². The average Bonchev–Trinajstić information content (AvgIpc) is 3.43. The molecule has 0 aromatic rings. The van der Waals surface area contributed by atoms with Gasteiger partial charge in [-0.3, -0.25) is 14.4 Å². The van der Waals surface area contributed by atoms with Crippen molar-refractivity contribution in [3.63, 3.8) is 0 Å². The molecule has 0 aliphatic heterocycles. The predicted molar refractivity (Wildman–Crippen MR) is 334 cm³/mol. The summed E-state index contributed by atoms with van der Waals surface area (Å²) in [5.74, 6) is -1.04. The van der Waals surface area contributed by atoms with Gasteiger partial charge in [-0.05, 0) is 135 Å². The Labute approximate surface area is 473 Å². The van der Waals surface area contributed by atoms with Crippen molar-refractivity contribution < 1.29 is 28.6 Å². The first-order valence-corrected chi connectivity index (χ1v) is 31.0. The minimum Gasteiger partial charge on any atom is -0.462 e. The molecule has 0 radical (unpaired) electrons. The summed E-state index contributed by atoms with van der Waals surface area (Å²) in [5.41, 5.74) is 0. The summed E-state index contributed by atoms with van der Waals surface area (Å²) in [5, 5.41) is 0. The van der Waals surface area contributed by atoms with Crippen LogP contribution in [0.2, 0.25) is 0 Å². The van der Waals surface area contributed by atoms with Crippen molar-refractivity contribution in [1.82, 2.24) is 0 Å². The largest absolute Gasteiger partial charge is 0.462 e. The Morgan fingerprint density at radius 3 is 0.870 bits per heavy atom. The maximum atomic E-state index is 12.9. The molecule has 6 nitrogen and oxygen atoms in total. The van der Waals surface area contributed by atoms with Crippen LogP contribution in [0.5, 0.6) is 0 Å². The first kappa shape index (κ1) is 72.0. The molecule has 1 unspecified atom stereocenters. The van der Waals surface area contributed by atoms with E-state index in [9.17, 15) is 14.4 Å². The quantitative estimate of drug-likeness (QED) is 0.0261. The van der Waals surface area contributed by atoms with E-state index in [4.69, 9.17) is 14.2 Å². The molecule has 0 aromatic carbocycles. The molecule has 0 aliphatic carbocycles. The number of hydrogen-bond donors (Lipinski definition) is 0. The van der Waals surface area contributed by atoms with Crippen LogP contribution >= 0.6 is 0 Å². The van der Waals surface area contributed by atoms with Crippen molar-refractivity contribution in [3.05, 3.63) is 158 Å². The molecule has 0 saturated heterocycles. The Kier molecular flexibility index (Phi) is 59.5. The van der Waals surface area contributed by atoms with Gasteiger partial charge < -0.3 is 14.2 Å². The summed E-state index contributed by atoms with van der Waals surface area (Å²) in [6.45, 7) is 6.30. The van der Waals surface area contributed by atoms with Gasteiger partial charge in [0.25, 0.3) is 0 Å². The van der Waals surface area contributed by atoms with Crippen molar-refractivity contribution >= 4 is 17.9 Å². The second-order valence-corrected chi connectivity index (χ2v) is 19.8. The molecule has 0 bridgehead atoms. The lowest BCUT2D eigenvalue weighted by atomic mass is 10.1. The fourth-order valence-electron chi connectivity index (χ4n) is 7.94. The summed E-state index contributed by atoms with van der Waals surface area (Å²) in [4.78, 5) is 38.2. The van der Waals surface area contributed by atoms with Crippen LogP contribution in [0.25, 0.3) is 0 Å². The number of ether oxygens (including phenoxy) is 3. The Morgan fingerprint density at radius 1 is 0.273 bits per heavy atom. The van der Waals surface area contributed by atoms with Crippen molar-refractivity contribution in [3.8, 4) is 0 Å². The number of esters is 3. The smallest absolute Gasteiger partial charge is 0.306 e. The molecule has 77 heavy (non-hydrogen) atoms. The molecule has 0 saturated carbocycles. The molecule has 0 N–H and O–H groups in total. The van der Waals surface area contributed by atoms with Gasteiger partial charge in [0.2, 0.25) is 0 Å². The van der Waals surface area contributed by atoms with Gasteiger partial charge in [-0.25, -0.2) is 0 Å². The zero-order valence-electron chi connectivity index (χ0n) is 49.4. The topological polar surface area (TPSA) is 78.9 Å². The molecule has 0 spiro atoms. The van der Waals surface area contributed by atoms with Gasteiger partial charge in [0, 0.05) is 19.3 Å². The normalized spacial score (nSPS) is 13.2. The monoisotopic (exact) mass is 1060 g/mol. The van der Waals surface area contributed by atoms with Crippen LogP contribution in [0.3, 0.4) is 0 Å². The van der Waals surface area contributed by atoms with Crippen LogP contribution in [0.4, 0.5) is 0 Å². The molecule has 0 rings (SSSR count). The first-order chi connectivity index (χ1) is 38.0. The number of carbonyl (C=O) groups is 3. The number of rotatable bonds is 54. The molecular weight excluding hydrogens is 949 g/mol. The minimum absolute atomic E-state index is 0.124. The highest BCUT2D eigenvalue weighted by atomic mass is 16.6. The maximum Gasteiger partial charge on any atom is 0.306 e. The summed E-state index contributed by atoms with van der Waals surface area (Å²) in [7, 11) is 0. The molecule has 0 fully saturated rings. The second-order valence-electron chi connectivity index (χ2n) is 19.8. The molecule has 6 heteroatoms. The molecule has 0 aromatic heterocycles. The van der Waals surface area contributed by atoms with Gasteiger partial charge in [0.15, 0.2) is 6.10 Å². The van der Waals surface area contributed by atoms with Gasteiger partial charge in [-0.1, -0.05) is 256 Å². The van der Waals surface area contributed by atoms with E-state index in [0.717, 1.165) is 135 Å². The molecular formula is C71H112O6. The molecule has 0 aliphatic rings. The van der Waals surface area contributed by atoms with Crippen LogP contribution in [0, 0.1) is 0 Å². The minimum atomic E-state index is -0.831. The third-order valence-electron chi connectivity index (χ3n) is 12.5. The van der Waals surface area contributed by atoms with E-state index in [1.807, 2.05) is 12.2 Å². The lowest BCUT2D eigenvalue weighted by Crippen LogP contribution is -2.30. The summed E-state index contributed by atoms with van der Waals surface area (Å²) in [6, 6.07) is 0. The summed E-state index contributed by atoms with van der Waals surface area (Å²) < 4.78 is 16.8. The van der Waals surface area contributed by atoms with Crippen LogP contribution in [0.1, 0.15) is 252 Å². The van der Waals surface area contributed by atoms with Crippen LogP contribution < -0.4 is 0 Å². The Hall–Kier alpha value is -4.97. The fourth-order valence-corrected chi connectivity index (χ4v) is 7.94. The highest BCUT2D eigenvalue weighted by Crippen LogP contribution is 2.14. The highest BCUT2D eigenvalue weighted by molar-refractivity contribution is 5.71. The SMILES string of the molecule is CC/C=C\C/C=C\C/C=C\C/C=C\C/C=C\C/C=C\CCCCCCC(=O)OCC(COC(=O)CC/C=C\C/C=C\C/C=C\C/C=C\CC)OC(=O)CCCCCCCCCC/C=C\C/C=C\C/C=C\CCCCCCC. The molecule has 0 amide bonds. The molecule has 432 valence electrons. The number of unbranched alkanes of at least 4 members (excludes halogenated alkanes) is 17. The number of hydrogen-bond acceptors (Lipinski definition) is 6. The summed E-state index contributed by atoms with van der Waals surface area (Å²) >= 11 is 0. The van der Waals surface area contributed by atoms with Gasteiger partial charge in [-0.2, -0.15) is 0 Å². The lowest BCUT2D eigenvalue weighted by molar-refractivity contribution is -0.166. The van der Waals surface area contributed by atoms with Gasteiger partial charge in [-0.15, -0.1) is 0 Å². The van der Waals surface area contributed by atoms with Crippen LogP contribution in [0.15, 0.2) is 158 Å². The van der Waals surface area contributed by atoms with Gasteiger partial charge in [0.1, 0.15) is 13.2 Å². The van der Waals surface area contributed by atoms with E-state index < -0.39 is 6.10 Å². The highest BCUT2D eigenvalue weighted by Gasteiger charge is 2.19. The Bertz CT molecular complexity index is 1740. The van der Waals surface area contributed by atoms with E-state index >= 15 is 0 Å². The number of allylic oxidation sites excluding steroid dienone is 26. The van der Waals surface area contributed by atoms with Crippen molar-refractivity contribution in [1.29, 1.82) is 0 Å². The van der Waals surface area contributed by atoms with Crippen LogP contribution in [-0.4, -0.2) is 37.2 Å². The fraction of sp³-hybridized carbons (Fsp3) is 0.592. The van der Waals surface area contributed by atoms with E-state index in [2.05, 4.69) is 167 Å². The van der Waals surface area contributed by atoms with Gasteiger partial charge >= 0.3 is 17.9 Å². The third-order valence-corrected chi connectivity index (χ3v) is 12.5. The third kappa shape index (κ3) is 61.8. The molecule has 0 heterocycles. The second kappa shape index (κ2) is 63.6. The van der Waals surface area contributed by atoms with E-state index in [0.29, 0.717) is 19.3 Å².